The number of hydrogen-bond donors (Lipinski definition) is 2. The molecule has 0 saturated heterocycles. The fourth-order valence-electron chi connectivity index (χ4n) is 2.09. The third kappa shape index (κ3) is 8.64. The largest absolute Gasteiger partial charge is 0.383 e. The van der Waals surface area contributed by atoms with Crippen molar-refractivity contribution in [3.8, 4) is 0 Å². The van der Waals surface area contributed by atoms with Gasteiger partial charge in [0.2, 0.25) is 0 Å². The van der Waals surface area contributed by atoms with Crippen molar-refractivity contribution < 1.29 is 4.74 Å². The summed E-state index contributed by atoms with van der Waals surface area (Å²) in [5, 5.41) is 6.68. The van der Waals surface area contributed by atoms with Gasteiger partial charge in [-0.3, -0.25) is 4.99 Å². The predicted octanol–water partition coefficient (Wildman–Crippen LogP) is 1.36. The van der Waals surface area contributed by atoms with Crippen molar-refractivity contribution in [1.82, 2.24) is 15.5 Å². The minimum absolute atomic E-state index is 0.767. The lowest BCUT2D eigenvalue weighted by Crippen LogP contribution is -2.41. The summed E-state index contributed by atoms with van der Waals surface area (Å²) in [6.07, 6.45) is 2.18. The number of likely N-dealkylation sites (N-methyl/N-ethyl adjacent to an activating group) is 1. The van der Waals surface area contributed by atoms with Crippen LogP contribution in [0, 0.1) is 0 Å². The smallest absolute Gasteiger partial charge is 0.191 e. The minimum atomic E-state index is 0.767. The standard InChI is InChI=1S/C17H30N4O/c1-18-17(20-12-13-21(2)14-15-22-3)19-11-7-10-16-8-5-4-6-9-16/h4-6,8-9H,7,10-15H2,1-3H3,(H2,18,19,20). The fraction of sp³-hybridized carbons (Fsp3) is 0.588. The highest BCUT2D eigenvalue weighted by Crippen LogP contribution is 2.01. The lowest BCUT2D eigenvalue weighted by Gasteiger charge is -2.17. The van der Waals surface area contributed by atoms with E-state index in [2.05, 4.69) is 57.9 Å². The number of aryl methyl sites for hydroxylation is 1. The first-order valence-electron chi connectivity index (χ1n) is 7.92. The number of nitrogens with one attached hydrogen (secondary N) is 2. The number of hydrogen-bond acceptors (Lipinski definition) is 3. The monoisotopic (exact) mass is 306 g/mol. The summed E-state index contributed by atoms with van der Waals surface area (Å²) in [6, 6.07) is 10.6. The topological polar surface area (TPSA) is 48.9 Å². The van der Waals surface area contributed by atoms with Gasteiger partial charge in [0.15, 0.2) is 5.96 Å². The van der Waals surface area contributed by atoms with Crippen LogP contribution in [0.25, 0.3) is 0 Å². The van der Waals surface area contributed by atoms with E-state index in [-0.39, 0.29) is 0 Å². The van der Waals surface area contributed by atoms with Crippen LogP contribution >= 0.6 is 0 Å². The quantitative estimate of drug-likeness (QED) is 0.389. The summed E-state index contributed by atoms with van der Waals surface area (Å²) < 4.78 is 5.06. The molecule has 1 rings (SSSR count). The summed E-state index contributed by atoms with van der Waals surface area (Å²) in [6.45, 7) is 4.48. The van der Waals surface area contributed by atoms with E-state index in [1.165, 1.54) is 5.56 Å². The van der Waals surface area contributed by atoms with Gasteiger partial charge >= 0.3 is 0 Å². The van der Waals surface area contributed by atoms with Crippen molar-refractivity contribution in [1.29, 1.82) is 0 Å². The van der Waals surface area contributed by atoms with Crippen molar-refractivity contribution in [2.75, 3.05) is 54.0 Å². The number of guanidine groups is 1. The summed E-state index contributed by atoms with van der Waals surface area (Å²) >= 11 is 0. The minimum Gasteiger partial charge on any atom is -0.383 e. The maximum atomic E-state index is 5.06. The first-order chi connectivity index (χ1) is 10.8. The summed E-state index contributed by atoms with van der Waals surface area (Å²) in [5.74, 6) is 0.869. The molecule has 0 unspecified atom stereocenters. The van der Waals surface area contributed by atoms with E-state index in [0.717, 1.165) is 51.6 Å². The Bertz CT molecular complexity index is 408. The number of ether oxygens (including phenoxy) is 1. The van der Waals surface area contributed by atoms with Gasteiger partial charge in [0.05, 0.1) is 6.61 Å². The van der Waals surface area contributed by atoms with Crippen molar-refractivity contribution in [3.63, 3.8) is 0 Å². The molecule has 0 amide bonds. The normalized spacial score (nSPS) is 11.7. The van der Waals surface area contributed by atoms with Crippen LogP contribution in [0.5, 0.6) is 0 Å². The maximum Gasteiger partial charge on any atom is 0.191 e. The molecule has 1 aromatic carbocycles. The van der Waals surface area contributed by atoms with E-state index in [0.29, 0.717) is 0 Å². The van der Waals surface area contributed by atoms with Crippen molar-refractivity contribution in [2.45, 2.75) is 12.8 Å². The van der Waals surface area contributed by atoms with E-state index >= 15 is 0 Å². The predicted molar refractivity (Wildman–Crippen MR) is 93.5 cm³/mol. The molecule has 0 radical (unpaired) electrons. The molecule has 0 heterocycles. The average Bonchev–Trinajstić information content (AvgIpc) is 2.56. The average molecular weight is 306 g/mol. The molecule has 0 aliphatic heterocycles. The number of benzene rings is 1. The second-order valence-corrected chi connectivity index (χ2v) is 5.31. The Morgan fingerprint density at radius 2 is 1.86 bits per heavy atom. The molecular formula is C17H30N4O. The Morgan fingerprint density at radius 1 is 1.14 bits per heavy atom. The van der Waals surface area contributed by atoms with Gasteiger partial charge in [-0.15, -0.1) is 0 Å². The van der Waals surface area contributed by atoms with Gasteiger partial charge in [-0.25, -0.2) is 0 Å². The second-order valence-electron chi connectivity index (χ2n) is 5.31. The number of rotatable bonds is 10. The molecule has 124 valence electrons. The molecule has 0 bridgehead atoms. The van der Waals surface area contributed by atoms with Crippen LogP contribution in [0.2, 0.25) is 0 Å². The van der Waals surface area contributed by atoms with E-state index in [1.807, 2.05) is 0 Å². The summed E-state index contributed by atoms with van der Waals surface area (Å²) in [4.78, 5) is 6.48. The SMILES string of the molecule is CN=C(NCCCc1ccccc1)NCCN(C)CCOC. The molecule has 0 aliphatic carbocycles. The van der Waals surface area contributed by atoms with Crippen LogP contribution in [0.3, 0.4) is 0 Å². The zero-order valence-electron chi connectivity index (χ0n) is 14.1. The van der Waals surface area contributed by atoms with Crippen LogP contribution < -0.4 is 10.6 Å². The van der Waals surface area contributed by atoms with E-state index in [4.69, 9.17) is 4.74 Å². The molecule has 22 heavy (non-hydrogen) atoms. The Hall–Kier alpha value is -1.59. The van der Waals surface area contributed by atoms with E-state index < -0.39 is 0 Å². The molecule has 0 fully saturated rings. The van der Waals surface area contributed by atoms with E-state index in [1.54, 1.807) is 14.2 Å². The lowest BCUT2D eigenvalue weighted by atomic mass is 10.1. The highest BCUT2D eigenvalue weighted by Gasteiger charge is 2.00. The van der Waals surface area contributed by atoms with Crippen molar-refractivity contribution in [3.05, 3.63) is 35.9 Å². The molecule has 0 spiro atoms. The highest BCUT2D eigenvalue weighted by molar-refractivity contribution is 5.79. The highest BCUT2D eigenvalue weighted by atomic mass is 16.5. The number of methoxy groups -OCH3 is 1. The second kappa shape index (κ2) is 12.0. The first kappa shape index (κ1) is 18.5. The molecule has 5 nitrogen and oxygen atoms in total. The van der Waals surface area contributed by atoms with Gasteiger partial charge in [0.1, 0.15) is 0 Å². The van der Waals surface area contributed by atoms with Gasteiger partial charge in [-0.2, -0.15) is 0 Å². The third-order valence-corrected chi connectivity index (χ3v) is 3.46. The van der Waals surface area contributed by atoms with Crippen LogP contribution in [-0.4, -0.2) is 64.9 Å². The van der Waals surface area contributed by atoms with Crippen LogP contribution in [-0.2, 0) is 11.2 Å². The number of aliphatic imine (C=N–C) groups is 1. The molecule has 5 heteroatoms. The zero-order chi connectivity index (χ0) is 16.0. The fourth-order valence-corrected chi connectivity index (χ4v) is 2.09. The van der Waals surface area contributed by atoms with Crippen molar-refractivity contribution >= 4 is 5.96 Å². The summed E-state index contributed by atoms with van der Waals surface area (Å²) in [5.41, 5.74) is 1.38. The Morgan fingerprint density at radius 3 is 2.55 bits per heavy atom. The Kier molecular flexibility index (Phi) is 10.1. The molecule has 0 atom stereocenters. The van der Waals surface area contributed by atoms with Crippen LogP contribution in [0.15, 0.2) is 35.3 Å². The molecule has 0 saturated carbocycles. The Balaban J connectivity index is 2.09. The van der Waals surface area contributed by atoms with Gasteiger partial charge in [-0.1, -0.05) is 30.3 Å². The van der Waals surface area contributed by atoms with Crippen molar-refractivity contribution in [2.24, 2.45) is 4.99 Å². The van der Waals surface area contributed by atoms with Gasteiger partial charge in [0, 0.05) is 40.3 Å². The molecule has 0 aromatic heterocycles. The molecular weight excluding hydrogens is 276 g/mol. The number of nitrogens with zero attached hydrogens (tertiary/aromatic N) is 2. The maximum absolute atomic E-state index is 5.06. The van der Waals surface area contributed by atoms with Gasteiger partial charge < -0.3 is 20.3 Å². The Labute approximate surface area is 134 Å². The molecule has 1 aromatic rings. The summed E-state index contributed by atoms with van der Waals surface area (Å²) in [7, 11) is 5.63. The van der Waals surface area contributed by atoms with Gasteiger partial charge in [0.25, 0.3) is 0 Å². The first-order valence-corrected chi connectivity index (χ1v) is 7.92. The van der Waals surface area contributed by atoms with Crippen LogP contribution in [0.1, 0.15) is 12.0 Å². The van der Waals surface area contributed by atoms with E-state index in [9.17, 15) is 0 Å². The lowest BCUT2D eigenvalue weighted by molar-refractivity contribution is 0.162. The molecule has 0 aliphatic rings. The third-order valence-electron chi connectivity index (χ3n) is 3.46. The van der Waals surface area contributed by atoms with Crippen LogP contribution in [0.4, 0.5) is 0 Å². The van der Waals surface area contributed by atoms with Gasteiger partial charge in [-0.05, 0) is 25.5 Å². The molecule has 2 N–H and O–H groups in total. The zero-order valence-corrected chi connectivity index (χ0v) is 14.1.